The number of hydrogen-bond donors (Lipinski definition) is 3. The van der Waals surface area contributed by atoms with Gasteiger partial charge in [-0.2, -0.15) is 0 Å². The van der Waals surface area contributed by atoms with Gasteiger partial charge in [0.1, 0.15) is 18.2 Å². The molecule has 0 heterocycles. The fourth-order valence-corrected chi connectivity index (χ4v) is 4.53. The summed E-state index contributed by atoms with van der Waals surface area (Å²) in [6.07, 6.45) is 0.870. The number of nitrogens with one attached hydrogen (secondary N) is 2. The average molecular weight is 483 g/mol. The second kappa shape index (κ2) is 12.0. The van der Waals surface area contributed by atoms with Crippen LogP contribution in [-0.4, -0.2) is 47.7 Å². The molecule has 0 spiro atoms. The molecule has 3 atom stereocenters. The quantitative estimate of drug-likeness (QED) is 0.468. The number of benzene rings is 2. The third-order valence-corrected chi connectivity index (χ3v) is 6.21. The highest BCUT2D eigenvalue weighted by Gasteiger charge is 2.50. The first-order chi connectivity index (χ1) is 16.9. The summed E-state index contributed by atoms with van der Waals surface area (Å²) in [7, 11) is 1.25. The zero-order valence-corrected chi connectivity index (χ0v) is 19.6. The highest BCUT2D eigenvalue weighted by molar-refractivity contribution is 5.94. The number of rotatable bonds is 9. The molecule has 35 heavy (non-hydrogen) atoms. The summed E-state index contributed by atoms with van der Waals surface area (Å²) in [5, 5.41) is 14.4. The van der Waals surface area contributed by atoms with Crippen molar-refractivity contribution in [2.24, 2.45) is 0 Å². The first-order valence-electron chi connectivity index (χ1n) is 11.5. The minimum absolute atomic E-state index is 0.0454. The maximum Gasteiger partial charge on any atom is 0.408 e. The molecule has 9 nitrogen and oxygen atoms in total. The Balaban J connectivity index is 1.80. The number of carbonyl (C=O) groups is 4. The zero-order chi connectivity index (χ0) is 25.3. The number of alkyl carbamates (subject to hydrolysis) is 1. The van der Waals surface area contributed by atoms with Crippen LogP contribution in [0.5, 0.6) is 0 Å². The summed E-state index contributed by atoms with van der Waals surface area (Å²) in [6, 6.07) is 16.8. The van der Waals surface area contributed by atoms with Crippen molar-refractivity contribution in [2.75, 3.05) is 7.11 Å². The lowest BCUT2D eigenvalue weighted by Gasteiger charge is -2.43. The molecule has 186 valence electrons. The molecular formula is C26H30N2O7. The molecule has 0 radical (unpaired) electrons. The number of methoxy groups -OCH3 is 1. The summed E-state index contributed by atoms with van der Waals surface area (Å²) in [5.41, 5.74) is 0.208. The van der Waals surface area contributed by atoms with Crippen LogP contribution in [0.4, 0.5) is 4.79 Å². The number of aliphatic carboxylic acids is 1. The predicted molar refractivity (Wildman–Crippen MR) is 126 cm³/mol. The van der Waals surface area contributed by atoms with Crippen molar-refractivity contribution < 1.29 is 33.8 Å². The van der Waals surface area contributed by atoms with Crippen molar-refractivity contribution in [3.05, 3.63) is 71.8 Å². The Morgan fingerprint density at radius 3 is 2.31 bits per heavy atom. The minimum Gasteiger partial charge on any atom is -0.481 e. The lowest BCUT2D eigenvalue weighted by molar-refractivity contribution is -0.154. The normalized spacial score (nSPS) is 20.2. The summed E-state index contributed by atoms with van der Waals surface area (Å²) >= 11 is 0. The van der Waals surface area contributed by atoms with E-state index in [9.17, 15) is 24.3 Å². The van der Waals surface area contributed by atoms with E-state index in [1.165, 1.54) is 7.11 Å². The Morgan fingerprint density at radius 2 is 1.69 bits per heavy atom. The molecule has 1 aliphatic carbocycles. The Bertz CT molecular complexity index is 1030. The molecule has 1 aliphatic rings. The average Bonchev–Trinajstić information content (AvgIpc) is 2.87. The second-order valence-electron chi connectivity index (χ2n) is 8.52. The number of amides is 2. The van der Waals surface area contributed by atoms with E-state index in [0.29, 0.717) is 19.3 Å². The maximum absolute atomic E-state index is 13.3. The van der Waals surface area contributed by atoms with Gasteiger partial charge >= 0.3 is 18.0 Å². The van der Waals surface area contributed by atoms with E-state index in [0.717, 1.165) is 17.5 Å². The Hall–Kier alpha value is -3.88. The zero-order valence-electron chi connectivity index (χ0n) is 19.6. The highest BCUT2D eigenvalue weighted by Crippen LogP contribution is 2.42. The van der Waals surface area contributed by atoms with Crippen LogP contribution >= 0.6 is 0 Å². The van der Waals surface area contributed by atoms with E-state index in [4.69, 9.17) is 9.47 Å². The van der Waals surface area contributed by atoms with Gasteiger partial charge in [0, 0.05) is 5.92 Å². The number of ether oxygens (including phenoxy) is 2. The lowest BCUT2D eigenvalue weighted by atomic mass is 9.69. The molecule has 1 saturated carbocycles. The number of hydrogen-bond acceptors (Lipinski definition) is 6. The number of esters is 1. The van der Waals surface area contributed by atoms with Crippen LogP contribution in [0, 0.1) is 0 Å². The van der Waals surface area contributed by atoms with E-state index in [2.05, 4.69) is 10.6 Å². The van der Waals surface area contributed by atoms with Crippen LogP contribution in [-0.2, 0) is 30.5 Å². The van der Waals surface area contributed by atoms with Crippen LogP contribution in [0.25, 0.3) is 0 Å². The van der Waals surface area contributed by atoms with Crippen molar-refractivity contribution in [1.29, 1.82) is 0 Å². The molecule has 3 rings (SSSR count). The number of carboxylic acid groups (broad SMARTS) is 1. The van der Waals surface area contributed by atoms with Crippen molar-refractivity contribution in [1.82, 2.24) is 10.6 Å². The van der Waals surface area contributed by atoms with E-state index >= 15 is 0 Å². The van der Waals surface area contributed by atoms with Gasteiger partial charge in [0.25, 0.3) is 0 Å². The van der Waals surface area contributed by atoms with Crippen LogP contribution < -0.4 is 10.6 Å². The monoisotopic (exact) mass is 482 g/mol. The van der Waals surface area contributed by atoms with Gasteiger partial charge in [-0.05, 0) is 24.0 Å². The van der Waals surface area contributed by atoms with Crippen LogP contribution in [0.3, 0.4) is 0 Å². The molecular weight excluding hydrogens is 452 g/mol. The van der Waals surface area contributed by atoms with Crippen LogP contribution in [0.15, 0.2) is 60.7 Å². The van der Waals surface area contributed by atoms with E-state index in [1.54, 1.807) is 24.3 Å². The molecule has 0 aromatic heterocycles. The highest BCUT2D eigenvalue weighted by atomic mass is 16.5. The predicted octanol–water partition coefficient (Wildman–Crippen LogP) is 3.14. The smallest absolute Gasteiger partial charge is 0.408 e. The van der Waals surface area contributed by atoms with Gasteiger partial charge in [0.05, 0.1) is 13.5 Å². The molecule has 2 amide bonds. The molecule has 1 fully saturated rings. The largest absolute Gasteiger partial charge is 0.481 e. The van der Waals surface area contributed by atoms with Crippen LogP contribution in [0.1, 0.15) is 49.1 Å². The van der Waals surface area contributed by atoms with Gasteiger partial charge in [-0.15, -0.1) is 0 Å². The van der Waals surface area contributed by atoms with Gasteiger partial charge in [0.2, 0.25) is 5.91 Å². The van der Waals surface area contributed by atoms with E-state index in [1.807, 2.05) is 36.4 Å². The Labute approximate surface area is 203 Å². The number of carboxylic acids is 1. The molecule has 0 aliphatic heterocycles. The molecule has 0 saturated heterocycles. The summed E-state index contributed by atoms with van der Waals surface area (Å²) in [6.45, 7) is -0.0454. The number of carbonyl (C=O) groups excluding carboxylic acids is 3. The molecule has 2 aromatic rings. The molecule has 2 aromatic carbocycles. The Kier molecular flexibility index (Phi) is 8.83. The van der Waals surface area contributed by atoms with Gasteiger partial charge in [-0.25, -0.2) is 9.59 Å². The van der Waals surface area contributed by atoms with Gasteiger partial charge in [0.15, 0.2) is 0 Å². The summed E-state index contributed by atoms with van der Waals surface area (Å²) in [5.74, 6) is -3.06. The van der Waals surface area contributed by atoms with Gasteiger partial charge in [-0.1, -0.05) is 73.5 Å². The second-order valence-corrected chi connectivity index (χ2v) is 8.52. The van der Waals surface area contributed by atoms with Gasteiger partial charge in [-0.3, -0.25) is 9.59 Å². The lowest BCUT2D eigenvalue weighted by Crippen LogP contribution is -2.63. The Morgan fingerprint density at radius 1 is 1.03 bits per heavy atom. The van der Waals surface area contributed by atoms with Crippen molar-refractivity contribution in [3.63, 3.8) is 0 Å². The first-order valence-corrected chi connectivity index (χ1v) is 11.5. The maximum atomic E-state index is 13.3. The standard InChI is InChI=1S/C26H30N2O7/c1-34-24(32)26(15-9-8-14-20(26)19-12-6-3-7-13-19)28-23(31)21(16-22(29)30)27-25(33)35-17-18-10-4-2-5-11-18/h2-7,10-13,20-21H,8-9,14-17H2,1H3,(H,27,33)(H,28,31)(H,29,30)/t20-,21-,26+/m0/s1. The van der Waals surface area contributed by atoms with E-state index < -0.39 is 41.9 Å². The SMILES string of the molecule is COC(=O)[C@@]1(NC(=O)[C@H](CC(=O)O)NC(=O)OCc2ccccc2)CCCC[C@H]1c1ccccc1. The fourth-order valence-electron chi connectivity index (χ4n) is 4.53. The van der Waals surface area contributed by atoms with Crippen LogP contribution in [0.2, 0.25) is 0 Å². The third-order valence-electron chi connectivity index (χ3n) is 6.21. The van der Waals surface area contributed by atoms with Crippen molar-refractivity contribution in [2.45, 2.75) is 56.2 Å². The molecule has 3 N–H and O–H groups in total. The van der Waals surface area contributed by atoms with E-state index in [-0.39, 0.29) is 12.5 Å². The summed E-state index contributed by atoms with van der Waals surface area (Å²) in [4.78, 5) is 50.2. The fraction of sp³-hybridized carbons (Fsp3) is 0.385. The minimum atomic E-state index is -1.45. The first kappa shape index (κ1) is 25.7. The topological polar surface area (TPSA) is 131 Å². The summed E-state index contributed by atoms with van der Waals surface area (Å²) < 4.78 is 10.2. The molecule has 0 unspecified atom stereocenters. The van der Waals surface area contributed by atoms with Gasteiger partial charge < -0.3 is 25.2 Å². The van der Waals surface area contributed by atoms with Crippen molar-refractivity contribution in [3.8, 4) is 0 Å². The molecule has 9 heteroatoms. The van der Waals surface area contributed by atoms with Crippen molar-refractivity contribution >= 4 is 23.9 Å². The third kappa shape index (κ3) is 6.59. The molecule has 0 bridgehead atoms.